The minimum Gasteiger partial charge on any atom is -0.493 e. The molecule has 2 rings (SSSR count). The average Bonchev–Trinajstić information content (AvgIpc) is 2.66. The van der Waals surface area contributed by atoms with Crippen molar-refractivity contribution < 1.29 is 14.3 Å². The van der Waals surface area contributed by atoms with Gasteiger partial charge < -0.3 is 15.4 Å². The monoisotopic (exact) mass is 361 g/mol. The predicted octanol–water partition coefficient (Wildman–Crippen LogP) is 2.20. The van der Waals surface area contributed by atoms with Crippen LogP contribution in [0.5, 0.6) is 5.75 Å². The lowest BCUT2D eigenvalue weighted by molar-refractivity contribution is -0.120. The highest BCUT2D eigenvalue weighted by atomic mass is 16.5. The van der Waals surface area contributed by atoms with Gasteiger partial charge in [-0.25, -0.2) is 0 Å². The molecule has 0 unspecified atom stereocenters. The molecule has 6 nitrogen and oxygen atoms in total. The number of hydrogen-bond donors (Lipinski definition) is 2. The minimum atomic E-state index is -0.306. The molecule has 0 atom stereocenters. The van der Waals surface area contributed by atoms with Gasteiger partial charge in [-0.15, -0.1) is 0 Å². The maximum absolute atomic E-state index is 12.3. The summed E-state index contributed by atoms with van der Waals surface area (Å²) < 4.78 is 5.46. The Morgan fingerprint density at radius 2 is 1.81 bits per heavy atom. The van der Waals surface area contributed by atoms with Gasteiger partial charge in [-0.1, -0.05) is 18.6 Å². The van der Waals surface area contributed by atoms with Crippen LogP contribution >= 0.6 is 0 Å². The SMILES string of the molecule is CCOc1ccccc1C(=O)NCC(=O)NCC(C)(C)N1CCCCC1. The van der Waals surface area contributed by atoms with E-state index in [0.29, 0.717) is 24.5 Å². The second-order valence-electron chi connectivity index (χ2n) is 7.25. The molecule has 1 aromatic rings. The Morgan fingerprint density at radius 1 is 1.12 bits per heavy atom. The first-order valence-electron chi connectivity index (χ1n) is 9.46. The lowest BCUT2D eigenvalue weighted by atomic mass is 9.98. The molecule has 1 fully saturated rings. The first-order valence-corrected chi connectivity index (χ1v) is 9.46. The number of nitrogens with zero attached hydrogens (tertiary/aromatic N) is 1. The van der Waals surface area contributed by atoms with Crippen molar-refractivity contribution in [2.45, 2.75) is 45.6 Å². The van der Waals surface area contributed by atoms with Crippen LogP contribution in [0, 0.1) is 0 Å². The number of hydrogen-bond acceptors (Lipinski definition) is 4. The maximum atomic E-state index is 12.3. The Hall–Kier alpha value is -2.08. The number of piperidine rings is 1. The summed E-state index contributed by atoms with van der Waals surface area (Å²) in [5.74, 6) is 0.0379. The normalized spacial score (nSPS) is 15.3. The molecule has 0 radical (unpaired) electrons. The molecule has 1 heterocycles. The Balaban J connectivity index is 1.80. The van der Waals surface area contributed by atoms with Gasteiger partial charge in [-0.2, -0.15) is 0 Å². The summed E-state index contributed by atoms with van der Waals surface area (Å²) in [7, 11) is 0. The van der Waals surface area contributed by atoms with E-state index in [0.717, 1.165) is 13.1 Å². The van der Waals surface area contributed by atoms with E-state index in [1.165, 1.54) is 19.3 Å². The van der Waals surface area contributed by atoms with E-state index in [2.05, 4.69) is 29.4 Å². The molecule has 0 spiro atoms. The number of benzene rings is 1. The maximum Gasteiger partial charge on any atom is 0.255 e. The fraction of sp³-hybridized carbons (Fsp3) is 0.600. The van der Waals surface area contributed by atoms with E-state index in [-0.39, 0.29) is 23.9 Å². The first kappa shape index (κ1) is 20.2. The average molecular weight is 361 g/mol. The number of rotatable bonds is 8. The molecule has 0 aromatic heterocycles. The van der Waals surface area contributed by atoms with E-state index in [9.17, 15) is 9.59 Å². The van der Waals surface area contributed by atoms with Crippen LogP contribution in [0.1, 0.15) is 50.4 Å². The summed E-state index contributed by atoms with van der Waals surface area (Å²) in [4.78, 5) is 26.9. The Labute approximate surface area is 156 Å². The molecule has 2 amide bonds. The standard InChI is InChI=1S/C20H31N3O3/c1-4-26-17-11-7-6-10-16(17)19(25)21-14-18(24)22-15-20(2,3)23-12-8-5-9-13-23/h6-7,10-11H,4-5,8-9,12-15H2,1-3H3,(H,21,25)(H,22,24). The van der Waals surface area contributed by atoms with Crippen molar-refractivity contribution in [2.24, 2.45) is 0 Å². The van der Waals surface area contributed by atoms with E-state index in [1.807, 2.05) is 13.0 Å². The molecule has 26 heavy (non-hydrogen) atoms. The lowest BCUT2D eigenvalue weighted by Crippen LogP contribution is -2.54. The van der Waals surface area contributed by atoms with Crippen molar-refractivity contribution in [3.8, 4) is 5.75 Å². The number of para-hydroxylation sites is 1. The van der Waals surface area contributed by atoms with Crippen molar-refractivity contribution in [1.29, 1.82) is 0 Å². The molecule has 6 heteroatoms. The summed E-state index contributed by atoms with van der Waals surface area (Å²) >= 11 is 0. The lowest BCUT2D eigenvalue weighted by Gasteiger charge is -2.41. The van der Waals surface area contributed by atoms with E-state index in [4.69, 9.17) is 4.74 Å². The number of amides is 2. The highest BCUT2D eigenvalue weighted by Gasteiger charge is 2.28. The van der Waals surface area contributed by atoms with Gasteiger partial charge in [0.15, 0.2) is 0 Å². The summed E-state index contributed by atoms with van der Waals surface area (Å²) in [6.45, 7) is 9.32. The van der Waals surface area contributed by atoms with Gasteiger partial charge in [0.1, 0.15) is 5.75 Å². The van der Waals surface area contributed by atoms with Crippen LogP contribution in [-0.4, -0.2) is 55.0 Å². The molecule has 1 saturated heterocycles. The third-order valence-corrected chi connectivity index (χ3v) is 4.77. The van der Waals surface area contributed by atoms with Crippen molar-refractivity contribution in [2.75, 3.05) is 32.8 Å². The van der Waals surface area contributed by atoms with Gasteiger partial charge in [0.25, 0.3) is 5.91 Å². The van der Waals surface area contributed by atoms with Crippen LogP contribution in [0.4, 0.5) is 0 Å². The summed E-state index contributed by atoms with van der Waals surface area (Å²) in [5.41, 5.74) is 0.359. The second kappa shape index (κ2) is 9.57. The van der Waals surface area contributed by atoms with Gasteiger partial charge in [0, 0.05) is 12.1 Å². The number of carbonyl (C=O) groups excluding carboxylic acids is 2. The fourth-order valence-electron chi connectivity index (χ4n) is 3.18. The Kier molecular flexibility index (Phi) is 7.45. The number of carbonyl (C=O) groups is 2. The van der Waals surface area contributed by atoms with Crippen molar-refractivity contribution in [1.82, 2.24) is 15.5 Å². The number of ether oxygens (including phenoxy) is 1. The smallest absolute Gasteiger partial charge is 0.255 e. The first-order chi connectivity index (χ1) is 12.4. The van der Waals surface area contributed by atoms with Crippen LogP contribution in [0.2, 0.25) is 0 Å². The quantitative estimate of drug-likeness (QED) is 0.745. The summed E-state index contributed by atoms with van der Waals surface area (Å²) in [6.07, 6.45) is 3.72. The highest BCUT2D eigenvalue weighted by Crippen LogP contribution is 2.20. The summed E-state index contributed by atoms with van der Waals surface area (Å²) in [6, 6.07) is 7.03. The van der Waals surface area contributed by atoms with Crippen LogP contribution in [0.25, 0.3) is 0 Å². The summed E-state index contributed by atoms with van der Waals surface area (Å²) in [5, 5.41) is 5.61. The van der Waals surface area contributed by atoms with Crippen LogP contribution in [-0.2, 0) is 4.79 Å². The van der Waals surface area contributed by atoms with Gasteiger partial charge in [-0.05, 0) is 58.8 Å². The van der Waals surface area contributed by atoms with Crippen LogP contribution in [0.3, 0.4) is 0 Å². The van der Waals surface area contributed by atoms with E-state index < -0.39 is 0 Å². The largest absolute Gasteiger partial charge is 0.493 e. The Bertz CT molecular complexity index is 610. The molecular formula is C20H31N3O3. The fourth-order valence-corrected chi connectivity index (χ4v) is 3.18. The van der Waals surface area contributed by atoms with Crippen LogP contribution < -0.4 is 15.4 Å². The number of likely N-dealkylation sites (tertiary alicyclic amines) is 1. The molecular weight excluding hydrogens is 330 g/mol. The van der Waals surface area contributed by atoms with Crippen molar-refractivity contribution in [3.05, 3.63) is 29.8 Å². The topological polar surface area (TPSA) is 70.7 Å². The molecule has 1 aromatic carbocycles. The molecule has 144 valence electrons. The Morgan fingerprint density at radius 3 is 2.50 bits per heavy atom. The van der Waals surface area contributed by atoms with Gasteiger partial charge in [-0.3, -0.25) is 14.5 Å². The van der Waals surface area contributed by atoms with E-state index >= 15 is 0 Å². The third-order valence-electron chi connectivity index (χ3n) is 4.77. The van der Waals surface area contributed by atoms with Crippen LogP contribution in [0.15, 0.2) is 24.3 Å². The molecule has 1 aliphatic heterocycles. The van der Waals surface area contributed by atoms with Gasteiger partial charge in [0.05, 0.1) is 18.7 Å². The third kappa shape index (κ3) is 5.73. The molecule has 0 aliphatic carbocycles. The van der Waals surface area contributed by atoms with Gasteiger partial charge in [0.2, 0.25) is 5.91 Å². The molecule has 1 aliphatic rings. The van der Waals surface area contributed by atoms with E-state index in [1.54, 1.807) is 18.2 Å². The molecule has 0 bridgehead atoms. The zero-order chi connectivity index (χ0) is 19.0. The number of nitrogens with one attached hydrogen (secondary N) is 2. The highest BCUT2D eigenvalue weighted by molar-refractivity contribution is 5.98. The second-order valence-corrected chi connectivity index (χ2v) is 7.25. The van der Waals surface area contributed by atoms with Crippen molar-refractivity contribution >= 4 is 11.8 Å². The van der Waals surface area contributed by atoms with Crippen molar-refractivity contribution in [3.63, 3.8) is 0 Å². The molecule has 0 saturated carbocycles. The van der Waals surface area contributed by atoms with Gasteiger partial charge >= 0.3 is 0 Å². The zero-order valence-electron chi connectivity index (χ0n) is 16.1. The predicted molar refractivity (Wildman–Crippen MR) is 102 cm³/mol. The molecule has 2 N–H and O–H groups in total. The zero-order valence-corrected chi connectivity index (χ0v) is 16.1. The minimum absolute atomic E-state index is 0.0463.